The van der Waals surface area contributed by atoms with Crippen LogP contribution in [0.3, 0.4) is 0 Å². The normalized spacial score (nSPS) is 22.6. The summed E-state index contributed by atoms with van der Waals surface area (Å²) >= 11 is 0. The second-order valence-electron chi connectivity index (χ2n) is 5.87. The summed E-state index contributed by atoms with van der Waals surface area (Å²) in [6, 6.07) is 3.71. The second-order valence-corrected chi connectivity index (χ2v) is 5.87. The van der Waals surface area contributed by atoms with Crippen LogP contribution in [0, 0.1) is 0 Å². The predicted molar refractivity (Wildman–Crippen MR) is 81.8 cm³/mol. The van der Waals surface area contributed by atoms with Crippen molar-refractivity contribution >= 4 is 11.6 Å². The Labute approximate surface area is 124 Å². The first-order chi connectivity index (χ1) is 10.1. The van der Waals surface area contributed by atoms with Gasteiger partial charge in [-0.2, -0.15) is 0 Å². The number of rotatable bonds is 2. The minimum absolute atomic E-state index is 0.0353. The molecule has 4 N–H and O–H groups in total. The van der Waals surface area contributed by atoms with Gasteiger partial charge in [-0.25, -0.2) is 0 Å². The number of carbonyl (C=O) groups excluding carboxylic acids is 1. The fraction of sp³-hybridized carbons (Fsp3) is 0.533. The van der Waals surface area contributed by atoms with Crippen LogP contribution in [0.4, 0.5) is 5.69 Å². The highest BCUT2D eigenvalue weighted by Gasteiger charge is 2.27. The van der Waals surface area contributed by atoms with E-state index in [1.807, 2.05) is 6.07 Å². The molecule has 0 aromatic heterocycles. The quantitative estimate of drug-likeness (QED) is 0.788. The van der Waals surface area contributed by atoms with Crippen molar-refractivity contribution in [2.75, 3.05) is 44.7 Å². The van der Waals surface area contributed by atoms with Gasteiger partial charge in [-0.05, 0) is 25.6 Å². The van der Waals surface area contributed by atoms with Crippen LogP contribution in [0.1, 0.15) is 15.9 Å². The van der Waals surface area contributed by atoms with Gasteiger partial charge in [0.05, 0.1) is 5.56 Å². The number of hydrogen-bond donors (Lipinski definition) is 2. The molecule has 21 heavy (non-hydrogen) atoms. The Hall–Kier alpha value is -1.79. The third kappa shape index (κ3) is 2.69. The van der Waals surface area contributed by atoms with Gasteiger partial charge >= 0.3 is 0 Å². The summed E-state index contributed by atoms with van der Waals surface area (Å²) in [7, 11) is 2.13. The van der Waals surface area contributed by atoms with Crippen LogP contribution in [0.5, 0.6) is 5.75 Å². The molecule has 0 spiro atoms. The summed E-state index contributed by atoms with van der Waals surface area (Å²) in [6.45, 7) is 4.42. The zero-order valence-corrected chi connectivity index (χ0v) is 12.3. The molecule has 1 saturated heterocycles. The average molecular weight is 290 g/mol. The van der Waals surface area contributed by atoms with Gasteiger partial charge in [-0.15, -0.1) is 0 Å². The first-order valence-electron chi connectivity index (χ1n) is 7.34. The molecule has 0 radical (unpaired) electrons. The number of amides is 1. The lowest BCUT2D eigenvalue weighted by molar-refractivity contribution is 0.0994. The number of nitrogens with two attached hydrogens (primary N) is 2. The molecule has 0 bridgehead atoms. The van der Waals surface area contributed by atoms with Gasteiger partial charge in [0.1, 0.15) is 12.4 Å². The Morgan fingerprint density at radius 2 is 2.00 bits per heavy atom. The molecule has 0 saturated carbocycles. The van der Waals surface area contributed by atoms with E-state index in [1.54, 1.807) is 6.07 Å². The van der Waals surface area contributed by atoms with E-state index in [1.165, 1.54) is 0 Å². The van der Waals surface area contributed by atoms with Crippen molar-refractivity contribution in [3.05, 3.63) is 23.3 Å². The highest BCUT2D eigenvalue weighted by Crippen LogP contribution is 2.36. The van der Waals surface area contributed by atoms with Gasteiger partial charge in [0, 0.05) is 43.5 Å². The molecule has 2 aliphatic rings. The van der Waals surface area contributed by atoms with Crippen molar-refractivity contribution in [1.82, 2.24) is 4.90 Å². The highest BCUT2D eigenvalue weighted by molar-refractivity contribution is 5.97. The first kappa shape index (κ1) is 14.2. The van der Waals surface area contributed by atoms with E-state index >= 15 is 0 Å². The van der Waals surface area contributed by atoms with E-state index in [-0.39, 0.29) is 6.04 Å². The minimum atomic E-state index is -0.452. The SMILES string of the molecule is CN1CCN(c2ccc(C(N)=O)c3c2C[C@H](N)CO3)CC1. The molecule has 6 heteroatoms. The number of primary amides is 1. The number of anilines is 1. The summed E-state index contributed by atoms with van der Waals surface area (Å²) in [6.07, 6.45) is 0.720. The minimum Gasteiger partial charge on any atom is -0.491 e. The van der Waals surface area contributed by atoms with Crippen LogP contribution in [-0.2, 0) is 6.42 Å². The number of nitrogens with zero attached hydrogens (tertiary/aromatic N) is 2. The van der Waals surface area contributed by atoms with Gasteiger partial charge < -0.3 is 26.0 Å². The van der Waals surface area contributed by atoms with Gasteiger partial charge in [0.15, 0.2) is 0 Å². The van der Waals surface area contributed by atoms with Crippen LogP contribution in [0.25, 0.3) is 0 Å². The lowest BCUT2D eigenvalue weighted by Crippen LogP contribution is -2.45. The summed E-state index contributed by atoms with van der Waals surface area (Å²) in [5.41, 5.74) is 14.1. The van der Waals surface area contributed by atoms with Crippen LogP contribution in [0.2, 0.25) is 0 Å². The number of ether oxygens (including phenoxy) is 1. The Kier molecular flexibility index (Phi) is 3.73. The molecule has 6 nitrogen and oxygen atoms in total. The number of carbonyl (C=O) groups is 1. The van der Waals surface area contributed by atoms with Crippen molar-refractivity contribution in [2.24, 2.45) is 11.5 Å². The van der Waals surface area contributed by atoms with Crippen LogP contribution < -0.4 is 21.1 Å². The van der Waals surface area contributed by atoms with Gasteiger partial charge in [-0.1, -0.05) is 0 Å². The van der Waals surface area contributed by atoms with Crippen molar-refractivity contribution in [3.63, 3.8) is 0 Å². The van der Waals surface area contributed by atoms with E-state index in [0.717, 1.165) is 43.9 Å². The summed E-state index contributed by atoms with van der Waals surface area (Å²) in [5.74, 6) is 0.173. The molecular formula is C15H22N4O2. The zero-order valence-electron chi connectivity index (χ0n) is 12.3. The molecule has 1 atom stereocenters. The predicted octanol–water partition coefficient (Wildman–Crippen LogP) is -0.200. The molecule has 1 amide bonds. The lowest BCUT2D eigenvalue weighted by Gasteiger charge is -2.37. The maximum atomic E-state index is 11.6. The molecule has 1 aromatic rings. The first-order valence-corrected chi connectivity index (χ1v) is 7.34. The van der Waals surface area contributed by atoms with Gasteiger partial charge in [-0.3, -0.25) is 4.79 Å². The largest absolute Gasteiger partial charge is 0.491 e. The van der Waals surface area contributed by atoms with E-state index in [2.05, 4.69) is 16.8 Å². The maximum absolute atomic E-state index is 11.6. The molecule has 0 unspecified atom stereocenters. The Balaban J connectivity index is 1.99. The Morgan fingerprint density at radius 1 is 1.29 bits per heavy atom. The standard InChI is InChI=1S/C15H22N4O2/c1-18-4-6-19(7-5-18)13-3-2-11(15(17)20)14-12(13)8-10(16)9-21-14/h2-3,10H,4-9,16H2,1H3,(H2,17,20)/t10-/m0/s1. The third-order valence-electron chi connectivity index (χ3n) is 4.25. The highest BCUT2D eigenvalue weighted by atomic mass is 16.5. The molecule has 3 rings (SSSR count). The van der Waals surface area contributed by atoms with E-state index in [0.29, 0.717) is 17.9 Å². The Morgan fingerprint density at radius 3 is 2.67 bits per heavy atom. The van der Waals surface area contributed by atoms with Crippen molar-refractivity contribution < 1.29 is 9.53 Å². The summed E-state index contributed by atoms with van der Waals surface area (Å²) in [4.78, 5) is 16.2. The molecule has 1 aromatic carbocycles. The third-order valence-corrected chi connectivity index (χ3v) is 4.25. The Bertz CT molecular complexity index is 553. The van der Waals surface area contributed by atoms with E-state index in [4.69, 9.17) is 16.2 Å². The summed E-state index contributed by atoms with van der Waals surface area (Å²) < 4.78 is 5.72. The van der Waals surface area contributed by atoms with Crippen molar-refractivity contribution in [1.29, 1.82) is 0 Å². The van der Waals surface area contributed by atoms with Crippen molar-refractivity contribution in [2.45, 2.75) is 12.5 Å². The fourth-order valence-electron chi connectivity index (χ4n) is 3.03. The molecule has 2 heterocycles. The van der Waals surface area contributed by atoms with Crippen LogP contribution in [-0.4, -0.2) is 56.7 Å². The number of benzene rings is 1. The molecule has 1 fully saturated rings. The number of likely N-dealkylation sites (N-methyl/N-ethyl adjacent to an activating group) is 1. The number of hydrogen-bond acceptors (Lipinski definition) is 5. The number of piperazine rings is 1. The van der Waals surface area contributed by atoms with E-state index < -0.39 is 5.91 Å². The smallest absolute Gasteiger partial charge is 0.252 e. The zero-order chi connectivity index (χ0) is 15.0. The van der Waals surface area contributed by atoms with Crippen LogP contribution in [0.15, 0.2) is 12.1 Å². The maximum Gasteiger partial charge on any atom is 0.252 e. The molecule has 2 aliphatic heterocycles. The van der Waals surface area contributed by atoms with Gasteiger partial charge in [0.25, 0.3) is 5.91 Å². The monoisotopic (exact) mass is 290 g/mol. The number of fused-ring (bicyclic) bond motifs is 1. The fourth-order valence-corrected chi connectivity index (χ4v) is 3.03. The lowest BCUT2D eigenvalue weighted by atomic mass is 9.96. The molecular weight excluding hydrogens is 268 g/mol. The molecule has 114 valence electrons. The molecule has 0 aliphatic carbocycles. The summed E-state index contributed by atoms with van der Waals surface area (Å²) in [5, 5.41) is 0. The van der Waals surface area contributed by atoms with Crippen molar-refractivity contribution in [3.8, 4) is 5.75 Å². The average Bonchev–Trinajstić information content (AvgIpc) is 2.46. The second kappa shape index (κ2) is 5.54. The van der Waals surface area contributed by atoms with Crippen LogP contribution >= 0.6 is 0 Å². The van der Waals surface area contributed by atoms with Gasteiger partial charge in [0.2, 0.25) is 0 Å². The topological polar surface area (TPSA) is 84.8 Å². The van der Waals surface area contributed by atoms with E-state index in [9.17, 15) is 4.79 Å².